The highest BCUT2D eigenvalue weighted by molar-refractivity contribution is 5.83. The molecule has 6 nitrogen and oxygen atoms in total. The molecule has 1 amide bonds. The molecular formula is C22H28N4O2. The van der Waals surface area contributed by atoms with E-state index in [0.29, 0.717) is 6.42 Å². The van der Waals surface area contributed by atoms with Gasteiger partial charge in [-0.1, -0.05) is 37.5 Å². The molecule has 1 saturated carbocycles. The third-order valence-electron chi connectivity index (χ3n) is 5.98. The van der Waals surface area contributed by atoms with Crippen LogP contribution in [-0.4, -0.2) is 24.0 Å². The molecule has 1 aromatic carbocycles. The summed E-state index contributed by atoms with van der Waals surface area (Å²) in [6, 6.07) is 13.7. The standard InChI is InChI=1S/C22H28N4O2/c1-28-17-10-8-16(9-11-17)22(12-4-2-5-13-22)24-21(27)20-15-19(25-26-20)18-7-3-6-14-23-18/h3,6-11,14,19-20,25-26H,2,4-5,12-13,15H2,1H3,(H,24,27). The van der Waals surface area contributed by atoms with Gasteiger partial charge >= 0.3 is 0 Å². The van der Waals surface area contributed by atoms with Gasteiger partial charge in [-0.05, 0) is 49.1 Å². The largest absolute Gasteiger partial charge is 0.497 e. The fourth-order valence-corrected chi connectivity index (χ4v) is 4.38. The van der Waals surface area contributed by atoms with Crippen molar-refractivity contribution in [2.45, 2.75) is 56.1 Å². The number of ether oxygens (including phenoxy) is 1. The number of benzene rings is 1. The number of methoxy groups -OCH3 is 1. The van der Waals surface area contributed by atoms with Gasteiger partial charge in [-0.2, -0.15) is 0 Å². The molecule has 148 valence electrons. The smallest absolute Gasteiger partial charge is 0.239 e. The molecule has 2 unspecified atom stereocenters. The summed E-state index contributed by atoms with van der Waals surface area (Å²) in [5, 5.41) is 3.40. The maximum Gasteiger partial charge on any atom is 0.239 e. The van der Waals surface area contributed by atoms with Crippen LogP contribution in [0.1, 0.15) is 55.8 Å². The van der Waals surface area contributed by atoms with Crippen molar-refractivity contribution in [3.63, 3.8) is 0 Å². The highest BCUT2D eigenvalue weighted by atomic mass is 16.5. The first-order chi connectivity index (χ1) is 13.7. The number of nitrogens with zero attached hydrogens (tertiary/aromatic N) is 1. The Hall–Kier alpha value is -2.44. The molecule has 6 heteroatoms. The van der Waals surface area contributed by atoms with E-state index in [1.807, 2.05) is 30.3 Å². The van der Waals surface area contributed by atoms with E-state index in [2.05, 4.69) is 33.3 Å². The van der Waals surface area contributed by atoms with Gasteiger partial charge in [-0.15, -0.1) is 0 Å². The van der Waals surface area contributed by atoms with E-state index in [9.17, 15) is 4.79 Å². The zero-order valence-electron chi connectivity index (χ0n) is 16.3. The Kier molecular flexibility index (Phi) is 5.59. The van der Waals surface area contributed by atoms with Crippen molar-refractivity contribution in [3.05, 3.63) is 59.9 Å². The van der Waals surface area contributed by atoms with Crippen LogP contribution in [0.4, 0.5) is 0 Å². The summed E-state index contributed by atoms with van der Waals surface area (Å²) < 4.78 is 5.29. The molecule has 28 heavy (non-hydrogen) atoms. The summed E-state index contributed by atoms with van der Waals surface area (Å²) in [6.07, 6.45) is 7.87. The Labute approximate surface area is 166 Å². The molecule has 0 bridgehead atoms. The maximum atomic E-state index is 13.1. The van der Waals surface area contributed by atoms with Gasteiger partial charge in [0, 0.05) is 6.20 Å². The first kappa shape index (κ1) is 18.9. The van der Waals surface area contributed by atoms with Gasteiger partial charge in [0.1, 0.15) is 11.8 Å². The van der Waals surface area contributed by atoms with Gasteiger partial charge in [0.05, 0.1) is 24.4 Å². The molecule has 2 atom stereocenters. The summed E-state index contributed by atoms with van der Waals surface area (Å²) in [5.74, 6) is 0.879. The third kappa shape index (κ3) is 3.88. The quantitative estimate of drug-likeness (QED) is 0.744. The van der Waals surface area contributed by atoms with Crippen molar-refractivity contribution in [3.8, 4) is 5.75 Å². The van der Waals surface area contributed by atoms with Crippen LogP contribution in [0.25, 0.3) is 0 Å². The number of hydrogen-bond donors (Lipinski definition) is 3. The SMILES string of the molecule is COc1ccc(C2(NC(=O)C3CC(c4ccccn4)NN3)CCCCC2)cc1. The molecule has 4 rings (SSSR count). The minimum atomic E-state index is -0.299. The molecular weight excluding hydrogens is 352 g/mol. The summed E-state index contributed by atoms with van der Waals surface area (Å²) >= 11 is 0. The molecule has 1 saturated heterocycles. The van der Waals surface area contributed by atoms with Crippen molar-refractivity contribution in [2.75, 3.05) is 7.11 Å². The molecule has 0 radical (unpaired) electrons. The zero-order chi connectivity index (χ0) is 19.4. The predicted molar refractivity (Wildman–Crippen MR) is 108 cm³/mol. The van der Waals surface area contributed by atoms with E-state index in [1.165, 1.54) is 6.42 Å². The number of aromatic nitrogens is 1. The first-order valence-electron chi connectivity index (χ1n) is 10.1. The van der Waals surface area contributed by atoms with Crippen LogP contribution in [-0.2, 0) is 10.3 Å². The lowest BCUT2D eigenvalue weighted by molar-refractivity contribution is -0.125. The van der Waals surface area contributed by atoms with Crippen LogP contribution in [0, 0.1) is 0 Å². The van der Waals surface area contributed by atoms with Gasteiger partial charge in [0.25, 0.3) is 0 Å². The highest BCUT2D eigenvalue weighted by Gasteiger charge is 2.39. The van der Waals surface area contributed by atoms with Crippen LogP contribution >= 0.6 is 0 Å². The highest BCUT2D eigenvalue weighted by Crippen LogP contribution is 2.38. The van der Waals surface area contributed by atoms with Crippen molar-refractivity contribution in [2.24, 2.45) is 0 Å². The average molecular weight is 380 g/mol. The lowest BCUT2D eigenvalue weighted by atomic mass is 9.76. The molecule has 0 spiro atoms. The van der Waals surface area contributed by atoms with Crippen LogP contribution in [0.3, 0.4) is 0 Å². The minimum absolute atomic E-state index is 0.0419. The number of amides is 1. The Bertz CT molecular complexity index is 788. The summed E-state index contributed by atoms with van der Waals surface area (Å²) in [4.78, 5) is 17.5. The van der Waals surface area contributed by atoms with Gasteiger partial charge in [0.2, 0.25) is 5.91 Å². The Morgan fingerprint density at radius 1 is 1.11 bits per heavy atom. The second-order valence-corrected chi connectivity index (χ2v) is 7.74. The number of hydrogen-bond acceptors (Lipinski definition) is 5. The molecule has 2 aliphatic rings. The normalized spacial score (nSPS) is 23.9. The van der Waals surface area contributed by atoms with E-state index in [4.69, 9.17) is 4.74 Å². The topological polar surface area (TPSA) is 75.3 Å². The van der Waals surface area contributed by atoms with Crippen molar-refractivity contribution in [1.82, 2.24) is 21.2 Å². The summed E-state index contributed by atoms with van der Waals surface area (Å²) in [7, 11) is 1.67. The van der Waals surface area contributed by atoms with Gasteiger partial charge in [-0.3, -0.25) is 9.78 Å². The Morgan fingerprint density at radius 2 is 1.89 bits per heavy atom. The number of carbonyl (C=O) groups is 1. The molecule has 2 fully saturated rings. The van der Waals surface area contributed by atoms with Crippen LogP contribution in [0.15, 0.2) is 48.7 Å². The number of pyridine rings is 1. The van der Waals surface area contributed by atoms with Crippen molar-refractivity contribution < 1.29 is 9.53 Å². The van der Waals surface area contributed by atoms with E-state index < -0.39 is 0 Å². The van der Waals surface area contributed by atoms with Gasteiger partial charge < -0.3 is 10.1 Å². The van der Waals surface area contributed by atoms with Crippen LogP contribution in [0.2, 0.25) is 0 Å². The van der Waals surface area contributed by atoms with Crippen LogP contribution < -0.4 is 20.9 Å². The predicted octanol–water partition coefficient (Wildman–Crippen LogP) is 2.97. The van der Waals surface area contributed by atoms with E-state index in [-0.39, 0.29) is 23.5 Å². The number of rotatable bonds is 5. The molecule has 2 heterocycles. The lowest BCUT2D eigenvalue weighted by Crippen LogP contribution is -2.53. The molecule has 3 N–H and O–H groups in total. The van der Waals surface area contributed by atoms with E-state index >= 15 is 0 Å². The maximum absolute atomic E-state index is 13.1. The van der Waals surface area contributed by atoms with Crippen LogP contribution in [0.5, 0.6) is 5.75 Å². The van der Waals surface area contributed by atoms with Gasteiger partial charge in [-0.25, -0.2) is 10.9 Å². The summed E-state index contributed by atoms with van der Waals surface area (Å²) in [5.41, 5.74) is 8.19. The monoisotopic (exact) mass is 380 g/mol. The molecule has 1 aromatic heterocycles. The summed E-state index contributed by atoms with van der Waals surface area (Å²) in [6.45, 7) is 0. The number of hydrazine groups is 1. The number of carbonyl (C=O) groups excluding carboxylic acids is 1. The number of nitrogens with one attached hydrogen (secondary N) is 3. The van der Waals surface area contributed by atoms with Crippen molar-refractivity contribution in [1.29, 1.82) is 0 Å². The Morgan fingerprint density at radius 3 is 2.57 bits per heavy atom. The van der Waals surface area contributed by atoms with Crippen molar-refractivity contribution >= 4 is 5.91 Å². The lowest BCUT2D eigenvalue weighted by Gasteiger charge is -2.39. The second-order valence-electron chi connectivity index (χ2n) is 7.74. The molecule has 2 aromatic rings. The first-order valence-corrected chi connectivity index (χ1v) is 10.1. The fourth-order valence-electron chi connectivity index (χ4n) is 4.38. The zero-order valence-corrected chi connectivity index (χ0v) is 16.3. The van der Waals surface area contributed by atoms with E-state index in [1.54, 1.807) is 13.3 Å². The molecule has 1 aliphatic heterocycles. The minimum Gasteiger partial charge on any atom is -0.497 e. The van der Waals surface area contributed by atoms with E-state index in [0.717, 1.165) is 42.7 Å². The fraction of sp³-hybridized carbons (Fsp3) is 0.455. The third-order valence-corrected chi connectivity index (χ3v) is 5.98. The second kappa shape index (κ2) is 8.29. The average Bonchev–Trinajstić information content (AvgIpc) is 3.26. The molecule has 1 aliphatic carbocycles. The Balaban J connectivity index is 1.48. The van der Waals surface area contributed by atoms with Gasteiger partial charge in [0.15, 0.2) is 0 Å².